The summed E-state index contributed by atoms with van der Waals surface area (Å²) in [7, 11) is 0. The number of hydrogen-bond acceptors (Lipinski definition) is 1. The first kappa shape index (κ1) is 10.9. The molecule has 0 aromatic heterocycles. The molecule has 13 heavy (non-hydrogen) atoms. The highest BCUT2D eigenvalue weighted by Gasteiger charge is 2.19. The van der Waals surface area contributed by atoms with Crippen molar-refractivity contribution in [3.63, 3.8) is 0 Å². The Morgan fingerprint density at radius 3 is 3.00 bits per heavy atom. The van der Waals surface area contributed by atoms with Crippen LogP contribution >= 0.6 is 15.9 Å². The fourth-order valence-electron chi connectivity index (χ4n) is 1.11. The maximum atomic E-state index is 13.2. The van der Waals surface area contributed by atoms with Gasteiger partial charge in [0.05, 0.1) is 0 Å². The van der Waals surface area contributed by atoms with Crippen LogP contribution in [0, 0.1) is 0 Å². The monoisotopic (exact) mass is 248 g/mol. The van der Waals surface area contributed by atoms with E-state index >= 15 is 0 Å². The van der Waals surface area contributed by atoms with Gasteiger partial charge in [-0.25, -0.2) is 4.39 Å². The fraction of sp³-hybridized carbons (Fsp3) is 0.600. The third kappa shape index (κ3) is 3.61. The molecule has 0 bridgehead atoms. The molecule has 0 fully saturated rings. The number of unbranched alkanes of at least 4 members (excludes halogenated alkanes) is 1. The Hall–Kier alpha value is -0.150. The lowest BCUT2D eigenvalue weighted by Gasteiger charge is -2.19. The number of alkyl halides is 1. The Morgan fingerprint density at radius 1 is 1.62 bits per heavy atom. The van der Waals surface area contributed by atoms with Gasteiger partial charge < -0.3 is 4.74 Å². The maximum Gasteiger partial charge on any atom is 0.149 e. The first-order chi connectivity index (χ1) is 6.24. The third-order valence-electron chi connectivity index (χ3n) is 1.89. The molecule has 0 aliphatic heterocycles. The topological polar surface area (TPSA) is 9.23 Å². The standard InChI is InChI=1S/C10H14BrFO/c1-2-3-6-13-10-5-4-8(11)7-9(10)12/h4-5,7,9-10H,2-3,6H2,1H3. The molecule has 1 aliphatic rings. The predicted molar refractivity (Wildman–Crippen MR) is 55.7 cm³/mol. The highest BCUT2D eigenvalue weighted by atomic mass is 79.9. The summed E-state index contributed by atoms with van der Waals surface area (Å²) in [5, 5.41) is 0. The molecule has 1 nitrogen and oxygen atoms in total. The molecule has 0 amide bonds. The van der Waals surface area contributed by atoms with Crippen LogP contribution in [-0.2, 0) is 4.74 Å². The molecule has 0 saturated heterocycles. The lowest BCUT2D eigenvalue weighted by Crippen LogP contribution is -2.24. The fourth-order valence-corrected chi connectivity index (χ4v) is 1.51. The minimum atomic E-state index is -1.02. The minimum Gasteiger partial charge on any atom is -0.371 e. The highest BCUT2D eigenvalue weighted by Crippen LogP contribution is 2.20. The molecule has 74 valence electrons. The Kier molecular flexibility index (Phi) is 4.67. The average molecular weight is 249 g/mol. The van der Waals surface area contributed by atoms with Gasteiger partial charge in [0, 0.05) is 11.1 Å². The van der Waals surface area contributed by atoms with Gasteiger partial charge in [-0.2, -0.15) is 0 Å². The van der Waals surface area contributed by atoms with Crippen LogP contribution in [0.4, 0.5) is 4.39 Å². The lowest BCUT2D eigenvalue weighted by molar-refractivity contribution is 0.0418. The van der Waals surface area contributed by atoms with Crippen LogP contribution in [0.25, 0.3) is 0 Å². The zero-order chi connectivity index (χ0) is 9.68. The smallest absolute Gasteiger partial charge is 0.149 e. The van der Waals surface area contributed by atoms with Crippen molar-refractivity contribution in [2.45, 2.75) is 32.0 Å². The SMILES string of the molecule is CCCCOC1C=CC(Br)=CC1F. The molecule has 0 aromatic rings. The molecule has 1 rings (SSSR count). The van der Waals surface area contributed by atoms with Crippen molar-refractivity contribution in [1.29, 1.82) is 0 Å². The van der Waals surface area contributed by atoms with E-state index in [1.165, 1.54) is 6.08 Å². The number of hydrogen-bond donors (Lipinski definition) is 0. The van der Waals surface area contributed by atoms with Gasteiger partial charge in [-0.15, -0.1) is 0 Å². The van der Waals surface area contributed by atoms with Crippen LogP contribution in [0.5, 0.6) is 0 Å². The van der Waals surface area contributed by atoms with Gasteiger partial charge in [0.25, 0.3) is 0 Å². The summed E-state index contributed by atoms with van der Waals surface area (Å²) in [4.78, 5) is 0. The van der Waals surface area contributed by atoms with Gasteiger partial charge in [-0.05, 0) is 18.6 Å². The molecule has 2 atom stereocenters. The molecule has 0 heterocycles. The second-order valence-electron chi connectivity index (χ2n) is 3.04. The van der Waals surface area contributed by atoms with Crippen LogP contribution in [0.15, 0.2) is 22.7 Å². The van der Waals surface area contributed by atoms with E-state index in [2.05, 4.69) is 22.9 Å². The molecular weight excluding hydrogens is 235 g/mol. The minimum absolute atomic E-state index is 0.396. The summed E-state index contributed by atoms with van der Waals surface area (Å²) in [6.07, 6.45) is 5.76. The Balaban J connectivity index is 2.32. The largest absolute Gasteiger partial charge is 0.371 e. The molecule has 0 radical (unpaired) electrons. The molecule has 2 unspecified atom stereocenters. The van der Waals surface area contributed by atoms with E-state index in [4.69, 9.17) is 4.74 Å². The van der Waals surface area contributed by atoms with Crippen molar-refractivity contribution in [2.75, 3.05) is 6.61 Å². The van der Waals surface area contributed by atoms with Crippen molar-refractivity contribution < 1.29 is 9.13 Å². The van der Waals surface area contributed by atoms with E-state index in [1.807, 2.05) is 6.08 Å². The van der Waals surface area contributed by atoms with Gasteiger partial charge in [-0.1, -0.05) is 35.4 Å². The molecule has 1 aliphatic carbocycles. The number of rotatable bonds is 4. The average Bonchev–Trinajstić information content (AvgIpc) is 2.09. The molecule has 0 saturated carbocycles. The summed E-state index contributed by atoms with van der Waals surface area (Å²) >= 11 is 3.22. The van der Waals surface area contributed by atoms with Crippen molar-refractivity contribution in [3.8, 4) is 0 Å². The van der Waals surface area contributed by atoms with Crippen molar-refractivity contribution in [2.24, 2.45) is 0 Å². The zero-order valence-corrected chi connectivity index (χ0v) is 9.26. The summed E-state index contributed by atoms with van der Waals surface area (Å²) in [6.45, 7) is 2.72. The normalized spacial score (nSPS) is 27.5. The van der Waals surface area contributed by atoms with E-state index in [0.717, 1.165) is 17.3 Å². The lowest BCUT2D eigenvalue weighted by atomic mass is 10.1. The highest BCUT2D eigenvalue weighted by molar-refractivity contribution is 9.11. The van der Waals surface area contributed by atoms with E-state index < -0.39 is 12.3 Å². The molecule has 0 aromatic carbocycles. The third-order valence-corrected chi connectivity index (χ3v) is 2.41. The van der Waals surface area contributed by atoms with E-state index in [1.54, 1.807) is 6.08 Å². The van der Waals surface area contributed by atoms with Crippen LogP contribution in [0.1, 0.15) is 19.8 Å². The van der Waals surface area contributed by atoms with Gasteiger partial charge >= 0.3 is 0 Å². The van der Waals surface area contributed by atoms with E-state index in [-0.39, 0.29) is 0 Å². The van der Waals surface area contributed by atoms with Gasteiger partial charge in [0.2, 0.25) is 0 Å². The van der Waals surface area contributed by atoms with Crippen LogP contribution in [0.3, 0.4) is 0 Å². The summed E-state index contributed by atoms with van der Waals surface area (Å²) in [5.41, 5.74) is 0. The van der Waals surface area contributed by atoms with Gasteiger partial charge in [0.15, 0.2) is 0 Å². The van der Waals surface area contributed by atoms with Gasteiger partial charge in [0.1, 0.15) is 12.3 Å². The number of halogens is 2. The summed E-state index contributed by atoms with van der Waals surface area (Å²) in [5.74, 6) is 0. The first-order valence-electron chi connectivity index (χ1n) is 4.55. The van der Waals surface area contributed by atoms with Crippen LogP contribution in [0.2, 0.25) is 0 Å². The van der Waals surface area contributed by atoms with Crippen molar-refractivity contribution >= 4 is 15.9 Å². The van der Waals surface area contributed by atoms with Crippen molar-refractivity contribution in [1.82, 2.24) is 0 Å². The molecule has 0 spiro atoms. The second kappa shape index (κ2) is 5.55. The van der Waals surface area contributed by atoms with E-state index in [9.17, 15) is 4.39 Å². The van der Waals surface area contributed by atoms with Crippen LogP contribution in [-0.4, -0.2) is 18.9 Å². The molecular formula is C10H14BrFO. The first-order valence-corrected chi connectivity index (χ1v) is 5.34. The predicted octanol–water partition coefficient (Wildman–Crippen LogP) is 3.36. The number of allylic oxidation sites excluding steroid dienone is 2. The Morgan fingerprint density at radius 2 is 2.38 bits per heavy atom. The quantitative estimate of drug-likeness (QED) is 0.694. The summed E-state index contributed by atoms with van der Waals surface area (Å²) in [6, 6.07) is 0. The maximum absolute atomic E-state index is 13.2. The zero-order valence-electron chi connectivity index (χ0n) is 7.67. The van der Waals surface area contributed by atoms with E-state index in [0.29, 0.717) is 6.61 Å². The molecule has 3 heteroatoms. The van der Waals surface area contributed by atoms with Gasteiger partial charge in [-0.3, -0.25) is 0 Å². The van der Waals surface area contributed by atoms with Crippen molar-refractivity contribution in [3.05, 3.63) is 22.7 Å². The van der Waals surface area contributed by atoms with Crippen LogP contribution < -0.4 is 0 Å². The Bertz CT molecular complexity index is 213. The Labute approximate surface area is 86.8 Å². The summed E-state index contributed by atoms with van der Waals surface area (Å²) < 4.78 is 19.4. The second-order valence-corrected chi connectivity index (χ2v) is 3.96. The molecule has 0 N–H and O–H groups in total. The number of ether oxygens (including phenoxy) is 1.